The molecule has 0 fully saturated rings. The van der Waals surface area contributed by atoms with Crippen LogP contribution in [0.2, 0.25) is 0 Å². The zero-order valence-electron chi connectivity index (χ0n) is 6.96. The van der Waals surface area contributed by atoms with Crippen LogP contribution in [-0.2, 0) is 9.53 Å². The number of ether oxygens (including phenoxy) is 1. The van der Waals surface area contributed by atoms with E-state index in [9.17, 15) is 4.79 Å². The van der Waals surface area contributed by atoms with E-state index in [1.165, 1.54) is 6.08 Å². The number of carbonyl (C=O) groups is 1. The third kappa shape index (κ3) is 5.61. The van der Waals surface area contributed by atoms with Gasteiger partial charge < -0.3 is 9.84 Å². The van der Waals surface area contributed by atoms with Gasteiger partial charge in [0.05, 0.1) is 6.61 Å². The number of esters is 1. The SMILES string of the molecule is CCOC(=O)/C=C(\C)CCO. The largest absolute Gasteiger partial charge is 0.463 e. The van der Waals surface area contributed by atoms with Crippen molar-refractivity contribution in [2.24, 2.45) is 0 Å². The van der Waals surface area contributed by atoms with Gasteiger partial charge in [-0.3, -0.25) is 0 Å². The highest BCUT2D eigenvalue weighted by Gasteiger charge is 1.96. The fourth-order valence-electron chi connectivity index (χ4n) is 0.634. The van der Waals surface area contributed by atoms with Crippen LogP contribution in [0, 0.1) is 0 Å². The van der Waals surface area contributed by atoms with Crippen LogP contribution in [0.1, 0.15) is 20.3 Å². The predicted molar refractivity (Wildman–Crippen MR) is 42.1 cm³/mol. The summed E-state index contributed by atoms with van der Waals surface area (Å²) >= 11 is 0. The maximum atomic E-state index is 10.7. The first-order valence-electron chi connectivity index (χ1n) is 3.65. The van der Waals surface area contributed by atoms with Crippen molar-refractivity contribution < 1.29 is 14.6 Å². The average molecular weight is 158 g/mol. The van der Waals surface area contributed by atoms with Crippen LogP contribution in [-0.4, -0.2) is 24.3 Å². The minimum Gasteiger partial charge on any atom is -0.463 e. The number of hydrogen-bond donors (Lipinski definition) is 1. The van der Waals surface area contributed by atoms with Crippen LogP contribution < -0.4 is 0 Å². The van der Waals surface area contributed by atoms with Gasteiger partial charge in [0.1, 0.15) is 0 Å². The van der Waals surface area contributed by atoms with E-state index in [4.69, 9.17) is 5.11 Å². The van der Waals surface area contributed by atoms with Crippen LogP contribution in [0.5, 0.6) is 0 Å². The van der Waals surface area contributed by atoms with E-state index in [-0.39, 0.29) is 12.6 Å². The fourth-order valence-corrected chi connectivity index (χ4v) is 0.634. The van der Waals surface area contributed by atoms with E-state index < -0.39 is 0 Å². The van der Waals surface area contributed by atoms with Crippen LogP contribution >= 0.6 is 0 Å². The Morgan fingerprint density at radius 1 is 1.64 bits per heavy atom. The molecule has 0 bridgehead atoms. The first-order valence-corrected chi connectivity index (χ1v) is 3.65. The van der Waals surface area contributed by atoms with Crippen molar-refractivity contribution in [2.75, 3.05) is 13.2 Å². The molecule has 3 heteroatoms. The maximum absolute atomic E-state index is 10.7. The monoisotopic (exact) mass is 158 g/mol. The minimum atomic E-state index is -0.335. The number of carbonyl (C=O) groups excluding carboxylic acids is 1. The first-order chi connectivity index (χ1) is 5.20. The van der Waals surface area contributed by atoms with Crippen molar-refractivity contribution in [3.63, 3.8) is 0 Å². The summed E-state index contributed by atoms with van der Waals surface area (Å²) in [6, 6.07) is 0. The third-order valence-corrected chi connectivity index (χ3v) is 1.16. The third-order valence-electron chi connectivity index (χ3n) is 1.16. The van der Waals surface area contributed by atoms with Crippen LogP contribution in [0.4, 0.5) is 0 Å². The Morgan fingerprint density at radius 3 is 2.73 bits per heavy atom. The highest BCUT2D eigenvalue weighted by molar-refractivity contribution is 5.82. The quantitative estimate of drug-likeness (QED) is 0.488. The van der Waals surface area contributed by atoms with Crippen LogP contribution in [0.15, 0.2) is 11.6 Å². The van der Waals surface area contributed by atoms with E-state index in [0.717, 1.165) is 5.57 Å². The Balaban J connectivity index is 3.76. The van der Waals surface area contributed by atoms with Crippen molar-refractivity contribution in [1.82, 2.24) is 0 Å². The highest BCUT2D eigenvalue weighted by atomic mass is 16.5. The van der Waals surface area contributed by atoms with E-state index >= 15 is 0 Å². The maximum Gasteiger partial charge on any atom is 0.330 e. The van der Waals surface area contributed by atoms with E-state index in [1.54, 1.807) is 13.8 Å². The fraction of sp³-hybridized carbons (Fsp3) is 0.625. The lowest BCUT2D eigenvalue weighted by Gasteiger charge is -1.97. The van der Waals surface area contributed by atoms with E-state index in [1.807, 2.05) is 0 Å². The van der Waals surface area contributed by atoms with E-state index in [0.29, 0.717) is 13.0 Å². The minimum absolute atomic E-state index is 0.0712. The second-order valence-electron chi connectivity index (χ2n) is 2.22. The highest BCUT2D eigenvalue weighted by Crippen LogP contribution is 1.98. The number of aliphatic hydroxyl groups excluding tert-OH is 1. The second-order valence-corrected chi connectivity index (χ2v) is 2.22. The van der Waals surface area contributed by atoms with Gasteiger partial charge in [0.25, 0.3) is 0 Å². The molecular formula is C8H14O3. The van der Waals surface area contributed by atoms with Gasteiger partial charge in [-0.15, -0.1) is 0 Å². The summed E-state index contributed by atoms with van der Waals surface area (Å²) in [6.07, 6.45) is 1.93. The van der Waals surface area contributed by atoms with Gasteiger partial charge in [0.15, 0.2) is 0 Å². The first kappa shape index (κ1) is 10.2. The molecule has 0 heterocycles. The summed E-state index contributed by atoms with van der Waals surface area (Å²) in [7, 11) is 0. The lowest BCUT2D eigenvalue weighted by molar-refractivity contribution is -0.137. The molecular weight excluding hydrogens is 144 g/mol. The molecule has 0 aromatic rings. The molecule has 0 unspecified atom stereocenters. The molecule has 1 N–H and O–H groups in total. The van der Waals surface area contributed by atoms with Gasteiger partial charge in [-0.05, 0) is 20.3 Å². The lowest BCUT2D eigenvalue weighted by atomic mass is 10.2. The Bertz CT molecular complexity index is 149. The van der Waals surface area contributed by atoms with Gasteiger partial charge >= 0.3 is 5.97 Å². The molecule has 0 aliphatic heterocycles. The Hall–Kier alpha value is -0.830. The van der Waals surface area contributed by atoms with Gasteiger partial charge in [0.2, 0.25) is 0 Å². The second kappa shape index (κ2) is 5.92. The molecule has 0 rings (SSSR count). The summed E-state index contributed by atoms with van der Waals surface area (Å²) in [4.78, 5) is 10.7. The zero-order chi connectivity index (χ0) is 8.69. The van der Waals surface area contributed by atoms with Gasteiger partial charge in [-0.2, -0.15) is 0 Å². The Kier molecular flexibility index (Phi) is 5.47. The molecule has 64 valence electrons. The molecule has 0 aliphatic rings. The van der Waals surface area contributed by atoms with Gasteiger partial charge in [0, 0.05) is 12.7 Å². The normalized spacial score (nSPS) is 11.4. The number of hydrogen-bond acceptors (Lipinski definition) is 3. The van der Waals surface area contributed by atoms with Crippen molar-refractivity contribution in [3.05, 3.63) is 11.6 Å². The van der Waals surface area contributed by atoms with Crippen molar-refractivity contribution in [1.29, 1.82) is 0 Å². The topological polar surface area (TPSA) is 46.5 Å². The summed E-state index contributed by atoms with van der Waals surface area (Å²) in [6.45, 7) is 4.00. The molecule has 0 radical (unpaired) electrons. The van der Waals surface area contributed by atoms with E-state index in [2.05, 4.69) is 4.74 Å². The predicted octanol–water partition coefficient (Wildman–Crippen LogP) is 0.878. The molecule has 0 atom stereocenters. The van der Waals surface area contributed by atoms with Crippen LogP contribution in [0.3, 0.4) is 0 Å². The molecule has 0 aromatic carbocycles. The summed E-state index contributed by atoms with van der Waals surface area (Å²) in [5.74, 6) is -0.335. The summed E-state index contributed by atoms with van der Waals surface area (Å²) in [5.41, 5.74) is 0.839. The Morgan fingerprint density at radius 2 is 2.27 bits per heavy atom. The molecule has 3 nitrogen and oxygen atoms in total. The number of aliphatic hydroxyl groups is 1. The average Bonchev–Trinajstić information content (AvgIpc) is 1.87. The molecule has 0 aromatic heterocycles. The van der Waals surface area contributed by atoms with Crippen LogP contribution in [0.25, 0.3) is 0 Å². The van der Waals surface area contributed by atoms with Crippen molar-refractivity contribution in [3.8, 4) is 0 Å². The van der Waals surface area contributed by atoms with Crippen molar-refractivity contribution >= 4 is 5.97 Å². The van der Waals surface area contributed by atoms with Crippen molar-refractivity contribution in [2.45, 2.75) is 20.3 Å². The molecule has 0 aliphatic carbocycles. The lowest BCUT2D eigenvalue weighted by Crippen LogP contribution is -2.00. The molecule has 0 saturated carbocycles. The van der Waals surface area contributed by atoms with Gasteiger partial charge in [-0.1, -0.05) is 5.57 Å². The molecule has 0 amide bonds. The number of rotatable bonds is 4. The standard InChI is InChI=1S/C8H14O3/c1-3-11-8(10)6-7(2)4-5-9/h6,9H,3-5H2,1-2H3/b7-6+. The summed E-state index contributed by atoms with van der Waals surface area (Å²) in [5, 5.41) is 8.49. The summed E-state index contributed by atoms with van der Waals surface area (Å²) < 4.78 is 4.66. The molecule has 0 spiro atoms. The smallest absolute Gasteiger partial charge is 0.330 e. The molecule has 11 heavy (non-hydrogen) atoms. The van der Waals surface area contributed by atoms with Gasteiger partial charge in [-0.25, -0.2) is 4.79 Å². The molecule has 0 saturated heterocycles. The zero-order valence-corrected chi connectivity index (χ0v) is 6.96. The Labute approximate surface area is 66.7 Å².